The monoisotopic (exact) mass is 427 g/mol. The van der Waals surface area contributed by atoms with Crippen molar-refractivity contribution in [1.29, 1.82) is 0 Å². The third kappa shape index (κ3) is 4.21. The third-order valence-corrected chi connectivity index (χ3v) is 5.48. The quantitative estimate of drug-likeness (QED) is 0.371. The lowest BCUT2D eigenvalue weighted by Gasteiger charge is -2.25. The minimum atomic E-state index is -0.701. The number of hydrogen-bond donors (Lipinski definition) is 1. The van der Waals surface area contributed by atoms with Gasteiger partial charge in [-0.15, -0.1) is 0 Å². The molecule has 0 aromatic heterocycles. The predicted octanol–water partition coefficient (Wildman–Crippen LogP) is 5.27. The van der Waals surface area contributed by atoms with Gasteiger partial charge in [-0.2, -0.15) is 0 Å². The van der Waals surface area contributed by atoms with E-state index in [2.05, 4.69) is 0 Å². The maximum Gasteiger partial charge on any atom is 0.295 e. The Balaban J connectivity index is 2.20. The molecule has 1 saturated heterocycles. The first-order chi connectivity index (χ1) is 14.4. The third-order valence-electron chi connectivity index (χ3n) is 5.15. The average Bonchev–Trinajstić information content (AvgIpc) is 2.98. The first-order valence-electron chi connectivity index (χ1n) is 10.2. The molecule has 1 amide bonds. The summed E-state index contributed by atoms with van der Waals surface area (Å²) in [6, 6.07) is 11.9. The Bertz CT molecular complexity index is 998. The molecule has 1 aliphatic rings. The zero-order valence-corrected chi connectivity index (χ0v) is 18.2. The van der Waals surface area contributed by atoms with E-state index in [0.717, 1.165) is 24.0 Å². The number of aliphatic hydroxyl groups is 1. The molecule has 158 valence electrons. The number of likely N-dealkylation sites (tertiary alicyclic amines) is 1. The predicted molar refractivity (Wildman–Crippen MR) is 118 cm³/mol. The number of ketones is 1. The van der Waals surface area contributed by atoms with Crippen LogP contribution < -0.4 is 4.74 Å². The Morgan fingerprint density at radius 2 is 1.93 bits per heavy atom. The number of aryl methyl sites for hydroxylation is 1. The second-order valence-electron chi connectivity index (χ2n) is 7.33. The molecular formula is C24H26ClNO4. The van der Waals surface area contributed by atoms with Crippen LogP contribution in [0.25, 0.3) is 5.76 Å². The first kappa shape index (κ1) is 21.9. The fourth-order valence-electron chi connectivity index (χ4n) is 3.71. The summed E-state index contributed by atoms with van der Waals surface area (Å²) in [5, 5.41) is 11.4. The number of ether oxygens (including phenoxy) is 1. The number of halogens is 1. The summed E-state index contributed by atoms with van der Waals surface area (Å²) in [7, 11) is 0. The van der Waals surface area contributed by atoms with Gasteiger partial charge < -0.3 is 14.7 Å². The molecule has 1 fully saturated rings. The highest BCUT2D eigenvalue weighted by atomic mass is 35.5. The van der Waals surface area contributed by atoms with Crippen LogP contribution in [0.3, 0.4) is 0 Å². The van der Waals surface area contributed by atoms with E-state index >= 15 is 0 Å². The van der Waals surface area contributed by atoms with E-state index in [1.54, 1.807) is 23.1 Å². The van der Waals surface area contributed by atoms with Gasteiger partial charge in [0.05, 0.1) is 23.2 Å². The largest absolute Gasteiger partial charge is 0.507 e. The van der Waals surface area contributed by atoms with E-state index in [1.807, 2.05) is 45.0 Å². The molecule has 1 heterocycles. The summed E-state index contributed by atoms with van der Waals surface area (Å²) in [5.74, 6) is -1.07. The zero-order chi connectivity index (χ0) is 21.8. The number of nitrogens with zero attached hydrogens (tertiary/aromatic N) is 1. The molecular weight excluding hydrogens is 402 g/mol. The Labute approximate surface area is 181 Å². The first-order valence-corrected chi connectivity index (χ1v) is 10.5. The van der Waals surface area contributed by atoms with Gasteiger partial charge in [0, 0.05) is 12.1 Å². The van der Waals surface area contributed by atoms with E-state index in [1.165, 1.54) is 0 Å². The second-order valence-corrected chi connectivity index (χ2v) is 7.74. The molecule has 6 heteroatoms. The lowest BCUT2D eigenvalue weighted by molar-refractivity contribution is -0.139. The molecule has 0 spiro atoms. The summed E-state index contributed by atoms with van der Waals surface area (Å²) in [6.07, 6.45) is 1.64. The number of unbranched alkanes of at least 4 members (excludes halogenated alkanes) is 1. The van der Waals surface area contributed by atoms with Gasteiger partial charge in [0.25, 0.3) is 11.7 Å². The van der Waals surface area contributed by atoms with E-state index in [-0.39, 0.29) is 21.9 Å². The number of hydrogen-bond acceptors (Lipinski definition) is 4. The van der Waals surface area contributed by atoms with Crippen LogP contribution in [0, 0.1) is 6.92 Å². The summed E-state index contributed by atoms with van der Waals surface area (Å²) in [6.45, 7) is 6.71. The average molecular weight is 428 g/mol. The Morgan fingerprint density at radius 3 is 2.60 bits per heavy atom. The van der Waals surface area contributed by atoms with Crippen molar-refractivity contribution in [1.82, 2.24) is 4.90 Å². The topological polar surface area (TPSA) is 66.8 Å². The van der Waals surface area contributed by atoms with Crippen molar-refractivity contribution >= 4 is 29.1 Å². The molecule has 0 radical (unpaired) electrons. The molecule has 2 aromatic carbocycles. The van der Waals surface area contributed by atoms with Crippen LogP contribution in [0.1, 0.15) is 49.4 Å². The number of carbonyl (C=O) groups is 2. The van der Waals surface area contributed by atoms with Gasteiger partial charge in [0.1, 0.15) is 11.5 Å². The minimum absolute atomic E-state index is 0.0530. The molecule has 1 atom stereocenters. The summed E-state index contributed by atoms with van der Waals surface area (Å²) >= 11 is 6.33. The number of carbonyl (C=O) groups excluding carboxylic acids is 2. The van der Waals surface area contributed by atoms with Crippen LogP contribution in [-0.2, 0) is 9.59 Å². The smallest absolute Gasteiger partial charge is 0.295 e. The summed E-state index contributed by atoms with van der Waals surface area (Å²) in [4.78, 5) is 27.4. The van der Waals surface area contributed by atoms with Crippen molar-refractivity contribution < 1.29 is 19.4 Å². The van der Waals surface area contributed by atoms with E-state index in [9.17, 15) is 14.7 Å². The summed E-state index contributed by atoms with van der Waals surface area (Å²) < 4.78 is 5.51. The zero-order valence-electron chi connectivity index (χ0n) is 17.4. The Morgan fingerprint density at radius 1 is 1.17 bits per heavy atom. The van der Waals surface area contributed by atoms with Crippen molar-refractivity contribution in [2.24, 2.45) is 0 Å². The van der Waals surface area contributed by atoms with Gasteiger partial charge in [-0.25, -0.2) is 0 Å². The van der Waals surface area contributed by atoms with Crippen LogP contribution in [0.5, 0.6) is 5.75 Å². The number of Topliss-reactive ketones (excluding diaryl/α,β-unsaturated/α-hetero) is 1. The van der Waals surface area contributed by atoms with Gasteiger partial charge in [-0.05, 0) is 44.0 Å². The van der Waals surface area contributed by atoms with Crippen LogP contribution in [0.4, 0.5) is 0 Å². The standard InChI is InChI=1S/C24H26ClNO4/c1-4-6-12-26-21(16-9-7-8-15(3)13-16)20(23(28)24(26)29)22(27)18-14-17(30-5-2)10-11-19(18)25/h7-11,13-14,21,27H,4-6,12H2,1-3H3/b22-20+. The lowest BCUT2D eigenvalue weighted by Crippen LogP contribution is -2.30. The lowest BCUT2D eigenvalue weighted by atomic mass is 9.94. The maximum absolute atomic E-state index is 13.0. The van der Waals surface area contributed by atoms with E-state index in [4.69, 9.17) is 16.3 Å². The van der Waals surface area contributed by atoms with Gasteiger partial charge in [0.15, 0.2) is 0 Å². The second kappa shape index (κ2) is 9.35. The molecule has 0 bridgehead atoms. The number of rotatable bonds is 7. The normalized spacial score (nSPS) is 18.1. The van der Waals surface area contributed by atoms with Crippen molar-refractivity contribution in [2.75, 3.05) is 13.2 Å². The van der Waals surface area contributed by atoms with Gasteiger partial charge in [-0.1, -0.05) is 54.8 Å². The SMILES string of the molecule is CCCCN1C(=O)C(=O)/C(=C(/O)c2cc(OCC)ccc2Cl)C1c1cccc(C)c1. The molecule has 0 aliphatic carbocycles. The minimum Gasteiger partial charge on any atom is -0.507 e. The van der Waals surface area contributed by atoms with Crippen molar-refractivity contribution in [3.63, 3.8) is 0 Å². The van der Waals surface area contributed by atoms with Crippen LogP contribution in [-0.4, -0.2) is 34.8 Å². The van der Waals surface area contributed by atoms with Gasteiger partial charge in [-0.3, -0.25) is 9.59 Å². The van der Waals surface area contributed by atoms with E-state index < -0.39 is 17.7 Å². The van der Waals surface area contributed by atoms with Crippen LogP contribution in [0.15, 0.2) is 48.0 Å². The Hall–Kier alpha value is -2.79. The highest BCUT2D eigenvalue weighted by molar-refractivity contribution is 6.47. The van der Waals surface area contributed by atoms with Crippen LogP contribution in [0.2, 0.25) is 5.02 Å². The number of amides is 1. The fraction of sp³-hybridized carbons (Fsp3) is 0.333. The molecule has 5 nitrogen and oxygen atoms in total. The van der Waals surface area contributed by atoms with Gasteiger partial charge >= 0.3 is 0 Å². The maximum atomic E-state index is 13.0. The van der Waals surface area contributed by atoms with Crippen molar-refractivity contribution in [2.45, 2.75) is 39.7 Å². The molecule has 2 aromatic rings. The molecule has 30 heavy (non-hydrogen) atoms. The Kier molecular flexibility index (Phi) is 6.83. The molecule has 1 N–H and O–H groups in total. The van der Waals surface area contributed by atoms with Gasteiger partial charge in [0.2, 0.25) is 0 Å². The molecule has 1 unspecified atom stereocenters. The molecule has 0 saturated carbocycles. The summed E-state index contributed by atoms with van der Waals surface area (Å²) in [5.41, 5.74) is 2.11. The number of benzene rings is 2. The molecule has 1 aliphatic heterocycles. The van der Waals surface area contributed by atoms with Crippen molar-refractivity contribution in [3.05, 3.63) is 69.8 Å². The van der Waals surface area contributed by atoms with Crippen LogP contribution >= 0.6 is 11.6 Å². The highest BCUT2D eigenvalue weighted by Gasteiger charge is 2.45. The number of aliphatic hydroxyl groups excluding tert-OH is 1. The molecule has 3 rings (SSSR count). The van der Waals surface area contributed by atoms with E-state index in [0.29, 0.717) is 18.9 Å². The highest BCUT2D eigenvalue weighted by Crippen LogP contribution is 2.41. The van der Waals surface area contributed by atoms with Crippen molar-refractivity contribution in [3.8, 4) is 5.75 Å². The fourth-order valence-corrected chi connectivity index (χ4v) is 3.92.